The molecule has 1 aliphatic rings. The van der Waals surface area contributed by atoms with Crippen molar-refractivity contribution in [2.75, 3.05) is 13.1 Å². The number of phenolic OH excluding ortho intramolecular Hbond substituents is 1. The van der Waals surface area contributed by atoms with Gasteiger partial charge in [0, 0.05) is 29.2 Å². The summed E-state index contributed by atoms with van der Waals surface area (Å²) in [5.41, 5.74) is 4.06. The lowest BCUT2D eigenvalue weighted by Crippen LogP contribution is -2.45. The maximum atomic E-state index is 14.1. The lowest BCUT2D eigenvalue weighted by molar-refractivity contribution is 0.0743. The van der Waals surface area contributed by atoms with Crippen molar-refractivity contribution < 1.29 is 18.7 Å². The van der Waals surface area contributed by atoms with E-state index in [1.54, 1.807) is 19.1 Å². The molecule has 0 saturated carbocycles. The minimum atomic E-state index is -1.13. The normalized spacial score (nSPS) is 14.5. The zero-order valence-electron chi connectivity index (χ0n) is 17.1. The molecular weight excluding hydrogens is 461 g/mol. The van der Waals surface area contributed by atoms with Crippen LogP contribution in [0.3, 0.4) is 0 Å². The fourth-order valence-electron chi connectivity index (χ4n) is 3.78. The van der Waals surface area contributed by atoms with Crippen molar-refractivity contribution in [3.05, 3.63) is 63.3 Å². The zero-order valence-corrected chi connectivity index (χ0v) is 18.6. The molecule has 10 heteroatoms. The van der Waals surface area contributed by atoms with Crippen LogP contribution in [0, 0.1) is 18.6 Å². The smallest absolute Gasteiger partial charge is 0.286 e. The Balaban J connectivity index is 1.86. The van der Waals surface area contributed by atoms with E-state index in [1.165, 1.54) is 10.7 Å². The van der Waals surface area contributed by atoms with Gasteiger partial charge in [-0.15, -0.1) is 0 Å². The summed E-state index contributed by atoms with van der Waals surface area (Å²) >= 11 is 12.4. The van der Waals surface area contributed by atoms with Crippen LogP contribution < -0.4 is 5.43 Å². The molecule has 32 heavy (non-hydrogen) atoms. The van der Waals surface area contributed by atoms with E-state index in [9.17, 15) is 18.7 Å². The highest BCUT2D eigenvalue weighted by Crippen LogP contribution is 2.35. The minimum Gasteiger partial charge on any atom is -0.503 e. The molecule has 1 aliphatic heterocycles. The number of aromatic nitrogens is 2. The summed E-state index contributed by atoms with van der Waals surface area (Å²) in [4.78, 5) is 13.0. The largest absolute Gasteiger partial charge is 0.503 e. The molecule has 2 N–H and O–H groups in total. The fraction of sp³-hybridized carbons (Fsp3) is 0.273. The van der Waals surface area contributed by atoms with Crippen molar-refractivity contribution in [2.45, 2.75) is 26.2 Å². The van der Waals surface area contributed by atoms with Crippen LogP contribution in [0.2, 0.25) is 10.0 Å². The molecule has 168 valence electrons. The van der Waals surface area contributed by atoms with Gasteiger partial charge in [0.25, 0.3) is 5.91 Å². The van der Waals surface area contributed by atoms with Gasteiger partial charge in [-0.25, -0.2) is 18.5 Å². The molecule has 2 heterocycles. The molecule has 6 nitrogen and oxygen atoms in total. The molecule has 4 rings (SSSR count). The first kappa shape index (κ1) is 22.5. The Morgan fingerprint density at radius 3 is 2.38 bits per heavy atom. The number of aromatic hydroxyl groups is 1. The number of phenols is 1. The second-order valence-corrected chi connectivity index (χ2v) is 8.45. The third kappa shape index (κ3) is 4.30. The number of carbonyl (C=O) groups excluding carboxylic acids is 1. The van der Waals surface area contributed by atoms with Gasteiger partial charge in [-0.05, 0) is 50.1 Å². The number of nitrogens with zero attached hydrogens (tertiary/aromatic N) is 3. The Morgan fingerprint density at radius 1 is 1.09 bits per heavy atom. The van der Waals surface area contributed by atoms with E-state index in [-0.39, 0.29) is 22.0 Å². The molecule has 0 atom stereocenters. The molecular formula is C22H20Cl2F2N4O2. The number of amides is 1. The monoisotopic (exact) mass is 480 g/mol. The molecule has 1 saturated heterocycles. The molecule has 1 aromatic heterocycles. The highest BCUT2D eigenvalue weighted by Gasteiger charge is 2.26. The van der Waals surface area contributed by atoms with E-state index < -0.39 is 23.3 Å². The maximum Gasteiger partial charge on any atom is 0.286 e. The summed E-state index contributed by atoms with van der Waals surface area (Å²) < 4.78 is 29.6. The quantitative estimate of drug-likeness (QED) is 0.533. The molecule has 0 bridgehead atoms. The Kier molecular flexibility index (Phi) is 6.37. The molecule has 1 amide bonds. The number of hydrogen-bond acceptors (Lipinski definition) is 4. The summed E-state index contributed by atoms with van der Waals surface area (Å²) in [5.74, 6) is -3.78. The number of benzene rings is 2. The van der Waals surface area contributed by atoms with Gasteiger partial charge < -0.3 is 5.11 Å². The van der Waals surface area contributed by atoms with Gasteiger partial charge in [0.1, 0.15) is 0 Å². The number of rotatable bonds is 4. The lowest BCUT2D eigenvalue weighted by Gasteiger charge is -2.26. The Bertz CT molecular complexity index is 1170. The number of halogens is 4. The van der Waals surface area contributed by atoms with E-state index in [0.717, 1.165) is 44.5 Å². The van der Waals surface area contributed by atoms with Gasteiger partial charge in [-0.3, -0.25) is 10.2 Å². The van der Waals surface area contributed by atoms with Gasteiger partial charge in [0.2, 0.25) is 0 Å². The number of hydrogen-bond donors (Lipinski definition) is 2. The number of carbonyl (C=O) groups is 1. The number of nitrogens with one attached hydrogen (secondary N) is 1. The Hall–Kier alpha value is -2.68. The molecule has 0 aliphatic carbocycles. The van der Waals surface area contributed by atoms with Gasteiger partial charge >= 0.3 is 0 Å². The number of hydrazine groups is 1. The predicted octanol–water partition coefficient (Wildman–Crippen LogP) is 5.27. The minimum absolute atomic E-state index is 0.0884. The SMILES string of the molecule is Cc1c(C(=O)NN2CCCCC2)nn(-c2ccc(Cl)cc2Cl)c1-c1cc(F)c(O)c(F)c1. The van der Waals surface area contributed by atoms with Crippen LogP contribution in [0.1, 0.15) is 35.3 Å². The second-order valence-electron chi connectivity index (χ2n) is 7.61. The van der Waals surface area contributed by atoms with E-state index in [1.807, 2.05) is 5.01 Å². The first-order valence-corrected chi connectivity index (χ1v) is 10.8. The van der Waals surface area contributed by atoms with Crippen molar-refractivity contribution in [1.82, 2.24) is 20.2 Å². The average Bonchev–Trinajstić information content (AvgIpc) is 3.09. The van der Waals surface area contributed by atoms with Gasteiger partial charge in [-0.1, -0.05) is 29.6 Å². The summed E-state index contributed by atoms with van der Waals surface area (Å²) in [6.07, 6.45) is 3.06. The van der Waals surface area contributed by atoms with Gasteiger partial charge in [-0.2, -0.15) is 5.10 Å². The topological polar surface area (TPSA) is 70.4 Å². The van der Waals surface area contributed by atoms with E-state index in [2.05, 4.69) is 10.5 Å². The maximum absolute atomic E-state index is 14.1. The van der Waals surface area contributed by atoms with Crippen molar-refractivity contribution >= 4 is 29.1 Å². The lowest BCUT2D eigenvalue weighted by atomic mass is 10.1. The van der Waals surface area contributed by atoms with E-state index in [0.29, 0.717) is 16.3 Å². The van der Waals surface area contributed by atoms with Gasteiger partial charge in [0.15, 0.2) is 23.1 Å². The Labute approximate surface area is 193 Å². The first-order valence-electron chi connectivity index (χ1n) is 10.1. The zero-order chi connectivity index (χ0) is 23.0. The number of piperidine rings is 1. The highest BCUT2D eigenvalue weighted by atomic mass is 35.5. The first-order chi connectivity index (χ1) is 15.3. The molecule has 0 unspecified atom stereocenters. The van der Waals surface area contributed by atoms with Crippen molar-refractivity contribution in [3.63, 3.8) is 0 Å². The van der Waals surface area contributed by atoms with Gasteiger partial charge in [0.05, 0.1) is 16.4 Å². The Morgan fingerprint density at radius 2 is 1.75 bits per heavy atom. The molecule has 3 aromatic rings. The van der Waals surface area contributed by atoms with Crippen LogP contribution in [-0.4, -0.2) is 38.9 Å². The van der Waals surface area contributed by atoms with Crippen molar-refractivity contribution in [3.8, 4) is 22.7 Å². The molecule has 0 radical (unpaired) electrons. The molecule has 2 aromatic carbocycles. The van der Waals surface area contributed by atoms with Crippen LogP contribution in [0.25, 0.3) is 16.9 Å². The summed E-state index contributed by atoms with van der Waals surface area (Å²) in [6.45, 7) is 3.10. The summed E-state index contributed by atoms with van der Waals surface area (Å²) in [6, 6.07) is 6.66. The van der Waals surface area contributed by atoms with Crippen molar-refractivity contribution in [2.24, 2.45) is 0 Å². The van der Waals surface area contributed by atoms with E-state index >= 15 is 0 Å². The fourth-order valence-corrected chi connectivity index (χ4v) is 4.27. The summed E-state index contributed by atoms with van der Waals surface area (Å²) in [7, 11) is 0. The molecule has 0 spiro atoms. The highest BCUT2D eigenvalue weighted by molar-refractivity contribution is 6.35. The third-order valence-corrected chi connectivity index (χ3v) is 5.92. The van der Waals surface area contributed by atoms with Crippen LogP contribution in [-0.2, 0) is 0 Å². The predicted molar refractivity (Wildman–Crippen MR) is 118 cm³/mol. The van der Waals surface area contributed by atoms with Crippen molar-refractivity contribution in [1.29, 1.82) is 0 Å². The standard InChI is InChI=1S/C22H20Cl2F2N4O2/c1-12-19(22(32)28-29-7-3-2-4-8-29)27-30(18-6-5-14(23)11-15(18)24)20(12)13-9-16(25)21(31)17(26)10-13/h5-6,9-11,31H,2-4,7-8H2,1H3,(H,28,32). The van der Waals surface area contributed by atoms with Crippen LogP contribution in [0.4, 0.5) is 8.78 Å². The third-order valence-electron chi connectivity index (χ3n) is 5.38. The van der Waals surface area contributed by atoms with Crippen LogP contribution in [0.15, 0.2) is 30.3 Å². The molecule has 1 fully saturated rings. The average molecular weight is 481 g/mol. The van der Waals surface area contributed by atoms with Crippen LogP contribution in [0.5, 0.6) is 5.75 Å². The van der Waals surface area contributed by atoms with E-state index in [4.69, 9.17) is 23.2 Å². The van der Waals surface area contributed by atoms with Crippen LogP contribution >= 0.6 is 23.2 Å². The summed E-state index contributed by atoms with van der Waals surface area (Å²) in [5, 5.41) is 16.4. The second kappa shape index (κ2) is 9.05.